The van der Waals surface area contributed by atoms with Crippen molar-refractivity contribution in [2.24, 2.45) is 11.8 Å². The predicted octanol–water partition coefficient (Wildman–Crippen LogP) is 2.70. The van der Waals surface area contributed by atoms with Crippen molar-refractivity contribution in [3.8, 4) is 0 Å². The molecule has 3 rings (SSSR count). The highest BCUT2D eigenvalue weighted by molar-refractivity contribution is 4.92. The maximum atomic E-state index is 5.65. The molecule has 0 amide bonds. The van der Waals surface area contributed by atoms with E-state index in [9.17, 15) is 0 Å². The third-order valence-electron chi connectivity index (χ3n) is 5.72. The van der Waals surface area contributed by atoms with E-state index in [4.69, 9.17) is 4.74 Å². The highest BCUT2D eigenvalue weighted by atomic mass is 16.5. The number of hydrogen-bond acceptors (Lipinski definition) is 3. The molecule has 3 nitrogen and oxygen atoms in total. The summed E-state index contributed by atoms with van der Waals surface area (Å²) in [6, 6.07) is 1.33. The van der Waals surface area contributed by atoms with Crippen molar-refractivity contribution >= 4 is 0 Å². The van der Waals surface area contributed by atoms with Gasteiger partial charge in [0, 0.05) is 18.6 Å². The molecule has 0 bridgehead atoms. The lowest BCUT2D eigenvalue weighted by molar-refractivity contribution is 0.0524. The molecular weight excluding hydrogens is 248 g/mol. The summed E-state index contributed by atoms with van der Waals surface area (Å²) in [5, 5.41) is 7.55. The van der Waals surface area contributed by atoms with E-state index in [2.05, 4.69) is 10.6 Å². The quantitative estimate of drug-likeness (QED) is 0.812. The second-order valence-electron chi connectivity index (χ2n) is 7.08. The standard InChI is InChI=1S/C17H32N2O/c1-2-5-14(6-3-1)9-10-18-16-8-4-7-15(16)17-13-20-12-11-19-17/h14-19H,1-13H2. The molecule has 1 saturated heterocycles. The van der Waals surface area contributed by atoms with Crippen molar-refractivity contribution in [3.05, 3.63) is 0 Å². The Bertz CT molecular complexity index is 272. The van der Waals surface area contributed by atoms with Crippen LogP contribution in [-0.4, -0.2) is 38.4 Å². The summed E-state index contributed by atoms with van der Waals surface area (Å²) in [5.41, 5.74) is 0. The first-order valence-electron chi connectivity index (χ1n) is 8.98. The molecule has 2 aliphatic carbocycles. The third kappa shape index (κ3) is 3.96. The summed E-state index contributed by atoms with van der Waals surface area (Å²) in [6.45, 7) is 4.09. The van der Waals surface area contributed by atoms with Gasteiger partial charge in [0.15, 0.2) is 0 Å². The van der Waals surface area contributed by atoms with E-state index in [0.717, 1.165) is 37.6 Å². The van der Waals surface area contributed by atoms with Crippen LogP contribution < -0.4 is 10.6 Å². The van der Waals surface area contributed by atoms with E-state index in [1.165, 1.54) is 64.3 Å². The maximum absolute atomic E-state index is 5.65. The molecule has 3 aliphatic rings. The van der Waals surface area contributed by atoms with Gasteiger partial charge in [0.25, 0.3) is 0 Å². The Hall–Kier alpha value is -0.120. The number of morpholine rings is 1. The fourth-order valence-electron chi connectivity index (χ4n) is 4.53. The van der Waals surface area contributed by atoms with Gasteiger partial charge in [-0.1, -0.05) is 38.5 Å². The lowest BCUT2D eigenvalue weighted by Crippen LogP contribution is -2.51. The van der Waals surface area contributed by atoms with Crippen molar-refractivity contribution in [2.75, 3.05) is 26.3 Å². The van der Waals surface area contributed by atoms with E-state index < -0.39 is 0 Å². The van der Waals surface area contributed by atoms with Gasteiger partial charge in [-0.05, 0) is 37.6 Å². The van der Waals surface area contributed by atoms with Crippen molar-refractivity contribution in [1.82, 2.24) is 10.6 Å². The van der Waals surface area contributed by atoms with Crippen LogP contribution in [0.25, 0.3) is 0 Å². The summed E-state index contributed by atoms with van der Waals surface area (Å²) in [5.74, 6) is 1.80. The van der Waals surface area contributed by atoms with Crippen LogP contribution in [0.5, 0.6) is 0 Å². The van der Waals surface area contributed by atoms with Gasteiger partial charge >= 0.3 is 0 Å². The average Bonchev–Trinajstić information content (AvgIpc) is 2.98. The molecular formula is C17H32N2O. The first kappa shape index (κ1) is 14.8. The first-order valence-corrected chi connectivity index (χ1v) is 8.98. The molecule has 3 atom stereocenters. The predicted molar refractivity (Wildman–Crippen MR) is 82.9 cm³/mol. The molecule has 0 aromatic heterocycles. The summed E-state index contributed by atoms with van der Waals surface area (Å²) < 4.78 is 5.65. The molecule has 2 saturated carbocycles. The Morgan fingerprint density at radius 3 is 2.70 bits per heavy atom. The summed E-state index contributed by atoms with van der Waals surface area (Å²) in [4.78, 5) is 0. The Morgan fingerprint density at radius 2 is 1.90 bits per heavy atom. The smallest absolute Gasteiger partial charge is 0.0623 e. The molecule has 116 valence electrons. The summed E-state index contributed by atoms with van der Waals surface area (Å²) >= 11 is 0. The topological polar surface area (TPSA) is 33.3 Å². The second kappa shape index (κ2) is 7.77. The number of ether oxygens (including phenoxy) is 1. The lowest BCUT2D eigenvalue weighted by Gasteiger charge is -2.33. The van der Waals surface area contributed by atoms with E-state index in [1.54, 1.807) is 0 Å². The minimum Gasteiger partial charge on any atom is -0.379 e. The third-order valence-corrected chi connectivity index (χ3v) is 5.72. The van der Waals surface area contributed by atoms with E-state index in [0.29, 0.717) is 6.04 Å². The highest BCUT2D eigenvalue weighted by Crippen LogP contribution is 2.30. The highest BCUT2D eigenvalue weighted by Gasteiger charge is 2.34. The lowest BCUT2D eigenvalue weighted by atomic mass is 9.87. The maximum Gasteiger partial charge on any atom is 0.0623 e. The molecule has 20 heavy (non-hydrogen) atoms. The van der Waals surface area contributed by atoms with Gasteiger partial charge in [0.2, 0.25) is 0 Å². The molecule has 0 aromatic rings. The number of hydrogen-bond donors (Lipinski definition) is 2. The summed E-state index contributed by atoms with van der Waals surface area (Å²) in [7, 11) is 0. The van der Waals surface area contributed by atoms with E-state index >= 15 is 0 Å². The number of nitrogens with one attached hydrogen (secondary N) is 2. The summed E-state index contributed by atoms with van der Waals surface area (Å²) in [6.07, 6.45) is 12.9. The van der Waals surface area contributed by atoms with E-state index in [-0.39, 0.29) is 0 Å². The van der Waals surface area contributed by atoms with Crippen molar-refractivity contribution in [1.29, 1.82) is 0 Å². The normalized spacial score (nSPS) is 36.3. The molecule has 0 aromatic carbocycles. The molecule has 0 spiro atoms. The SMILES string of the molecule is C1CCC(CCNC2CCCC2C2COCCN2)CC1. The molecule has 3 heteroatoms. The monoisotopic (exact) mass is 280 g/mol. The van der Waals surface area contributed by atoms with Gasteiger partial charge in [-0.3, -0.25) is 0 Å². The molecule has 1 aliphatic heterocycles. The van der Waals surface area contributed by atoms with Crippen LogP contribution in [0.2, 0.25) is 0 Å². The zero-order chi connectivity index (χ0) is 13.6. The van der Waals surface area contributed by atoms with Crippen LogP contribution in [0, 0.1) is 11.8 Å². The van der Waals surface area contributed by atoms with Gasteiger partial charge in [-0.2, -0.15) is 0 Å². The molecule has 0 radical (unpaired) electrons. The van der Waals surface area contributed by atoms with Crippen LogP contribution in [0.1, 0.15) is 57.8 Å². The Morgan fingerprint density at radius 1 is 1.00 bits per heavy atom. The molecule has 3 unspecified atom stereocenters. The van der Waals surface area contributed by atoms with Crippen molar-refractivity contribution in [2.45, 2.75) is 69.9 Å². The van der Waals surface area contributed by atoms with Crippen molar-refractivity contribution < 1.29 is 4.74 Å². The zero-order valence-electron chi connectivity index (χ0n) is 12.9. The zero-order valence-corrected chi connectivity index (χ0v) is 12.9. The fraction of sp³-hybridized carbons (Fsp3) is 1.00. The van der Waals surface area contributed by atoms with Gasteiger partial charge in [-0.15, -0.1) is 0 Å². The number of rotatable bonds is 5. The van der Waals surface area contributed by atoms with Crippen LogP contribution in [-0.2, 0) is 4.74 Å². The average molecular weight is 280 g/mol. The fourth-order valence-corrected chi connectivity index (χ4v) is 4.53. The van der Waals surface area contributed by atoms with Gasteiger partial charge in [0.05, 0.1) is 13.2 Å². The van der Waals surface area contributed by atoms with Crippen LogP contribution in [0.4, 0.5) is 0 Å². The van der Waals surface area contributed by atoms with Gasteiger partial charge in [0.1, 0.15) is 0 Å². The van der Waals surface area contributed by atoms with Crippen LogP contribution in [0.15, 0.2) is 0 Å². The van der Waals surface area contributed by atoms with Crippen LogP contribution in [0.3, 0.4) is 0 Å². The molecule has 2 N–H and O–H groups in total. The minimum atomic E-state index is 0.596. The Kier molecular flexibility index (Phi) is 5.75. The van der Waals surface area contributed by atoms with Gasteiger partial charge in [-0.25, -0.2) is 0 Å². The minimum absolute atomic E-state index is 0.596. The largest absolute Gasteiger partial charge is 0.379 e. The molecule has 1 heterocycles. The Labute approximate surface area is 124 Å². The van der Waals surface area contributed by atoms with Crippen molar-refractivity contribution in [3.63, 3.8) is 0 Å². The first-order chi connectivity index (χ1) is 9.93. The molecule has 3 fully saturated rings. The van der Waals surface area contributed by atoms with E-state index in [1.807, 2.05) is 0 Å². The second-order valence-corrected chi connectivity index (χ2v) is 7.08. The van der Waals surface area contributed by atoms with Crippen LogP contribution >= 0.6 is 0 Å². The Balaban J connectivity index is 1.39. The van der Waals surface area contributed by atoms with Gasteiger partial charge < -0.3 is 15.4 Å².